The summed E-state index contributed by atoms with van der Waals surface area (Å²) in [5, 5.41) is 8.77. The first-order valence-electron chi connectivity index (χ1n) is 7.52. The Hall–Kier alpha value is -1.88. The molecular formula is C16H23N3O2. The largest absolute Gasteiger partial charge is 0.355 e. The standard InChI is InChI=1S/C16H23N3O2/c1-17-16(21)13-3-5-14(6-4-13)19-15(20)7-2-12-8-10-18-11-9-12/h3-6,12,18H,2,7-11H2,1H3,(H,17,21)(H,19,20). The number of amides is 2. The lowest BCUT2D eigenvalue weighted by atomic mass is 9.93. The number of anilines is 1. The summed E-state index contributed by atoms with van der Waals surface area (Å²) in [6.45, 7) is 2.13. The molecule has 1 aromatic carbocycles. The third kappa shape index (κ3) is 4.86. The van der Waals surface area contributed by atoms with Gasteiger partial charge in [0.2, 0.25) is 5.91 Å². The van der Waals surface area contributed by atoms with Gasteiger partial charge in [0.25, 0.3) is 5.91 Å². The number of benzene rings is 1. The minimum absolute atomic E-state index is 0.0428. The van der Waals surface area contributed by atoms with Gasteiger partial charge in [-0.2, -0.15) is 0 Å². The van der Waals surface area contributed by atoms with Crippen molar-refractivity contribution in [3.05, 3.63) is 29.8 Å². The summed E-state index contributed by atoms with van der Waals surface area (Å²) in [5.41, 5.74) is 1.32. The fourth-order valence-corrected chi connectivity index (χ4v) is 2.58. The third-order valence-electron chi connectivity index (χ3n) is 3.90. The topological polar surface area (TPSA) is 70.2 Å². The fourth-order valence-electron chi connectivity index (χ4n) is 2.58. The van der Waals surface area contributed by atoms with E-state index >= 15 is 0 Å². The summed E-state index contributed by atoms with van der Waals surface area (Å²) in [6, 6.07) is 6.93. The molecule has 114 valence electrons. The summed E-state index contributed by atoms with van der Waals surface area (Å²) in [5.74, 6) is 0.577. The summed E-state index contributed by atoms with van der Waals surface area (Å²) in [4.78, 5) is 23.3. The first-order chi connectivity index (χ1) is 10.2. The second kappa shape index (κ2) is 7.78. The van der Waals surface area contributed by atoms with Crippen LogP contribution in [0.5, 0.6) is 0 Å². The van der Waals surface area contributed by atoms with Crippen LogP contribution in [0, 0.1) is 5.92 Å². The highest BCUT2D eigenvalue weighted by atomic mass is 16.2. The Morgan fingerprint density at radius 2 is 1.86 bits per heavy atom. The Morgan fingerprint density at radius 1 is 1.19 bits per heavy atom. The minimum Gasteiger partial charge on any atom is -0.355 e. The van der Waals surface area contributed by atoms with Gasteiger partial charge in [0, 0.05) is 24.7 Å². The monoisotopic (exact) mass is 289 g/mol. The molecule has 0 atom stereocenters. The van der Waals surface area contributed by atoms with Gasteiger partial charge in [0.15, 0.2) is 0 Å². The van der Waals surface area contributed by atoms with Crippen LogP contribution in [0.4, 0.5) is 5.69 Å². The van der Waals surface area contributed by atoms with E-state index in [1.54, 1.807) is 31.3 Å². The molecule has 1 aromatic rings. The van der Waals surface area contributed by atoms with Crippen molar-refractivity contribution in [3.63, 3.8) is 0 Å². The summed E-state index contributed by atoms with van der Waals surface area (Å²) >= 11 is 0. The molecule has 0 bridgehead atoms. The van der Waals surface area contributed by atoms with Crippen molar-refractivity contribution in [2.24, 2.45) is 5.92 Å². The van der Waals surface area contributed by atoms with Gasteiger partial charge in [-0.15, -0.1) is 0 Å². The van der Waals surface area contributed by atoms with Gasteiger partial charge in [-0.1, -0.05) is 0 Å². The Bertz CT molecular complexity index is 479. The number of carbonyl (C=O) groups is 2. The molecule has 21 heavy (non-hydrogen) atoms. The highest BCUT2D eigenvalue weighted by Crippen LogP contribution is 2.18. The van der Waals surface area contributed by atoms with Gasteiger partial charge in [0.1, 0.15) is 0 Å². The molecule has 5 nitrogen and oxygen atoms in total. The van der Waals surface area contributed by atoms with Crippen molar-refractivity contribution in [3.8, 4) is 0 Å². The molecule has 0 aliphatic carbocycles. The molecule has 0 aromatic heterocycles. The molecule has 1 saturated heterocycles. The van der Waals surface area contributed by atoms with Crippen molar-refractivity contribution in [2.75, 3.05) is 25.5 Å². The van der Waals surface area contributed by atoms with Crippen molar-refractivity contribution in [1.29, 1.82) is 0 Å². The van der Waals surface area contributed by atoms with Crippen molar-refractivity contribution < 1.29 is 9.59 Å². The molecule has 1 aliphatic rings. The van der Waals surface area contributed by atoms with Crippen LogP contribution in [0.2, 0.25) is 0 Å². The zero-order valence-corrected chi connectivity index (χ0v) is 12.4. The van der Waals surface area contributed by atoms with Gasteiger partial charge < -0.3 is 16.0 Å². The molecule has 1 fully saturated rings. The molecule has 1 aliphatic heterocycles. The number of hydrogen-bond acceptors (Lipinski definition) is 3. The van der Waals surface area contributed by atoms with Crippen molar-refractivity contribution in [2.45, 2.75) is 25.7 Å². The number of hydrogen-bond donors (Lipinski definition) is 3. The van der Waals surface area contributed by atoms with Crippen LogP contribution in [-0.4, -0.2) is 32.0 Å². The van der Waals surface area contributed by atoms with E-state index in [2.05, 4.69) is 16.0 Å². The average Bonchev–Trinajstić information content (AvgIpc) is 2.54. The van der Waals surface area contributed by atoms with E-state index in [0.29, 0.717) is 17.9 Å². The van der Waals surface area contributed by atoms with Crippen LogP contribution in [0.3, 0.4) is 0 Å². The number of rotatable bonds is 5. The third-order valence-corrected chi connectivity index (χ3v) is 3.90. The Balaban J connectivity index is 1.77. The molecule has 2 rings (SSSR count). The van der Waals surface area contributed by atoms with Gasteiger partial charge in [-0.25, -0.2) is 0 Å². The van der Waals surface area contributed by atoms with Crippen LogP contribution < -0.4 is 16.0 Å². The maximum absolute atomic E-state index is 11.9. The molecule has 2 amide bonds. The van der Waals surface area contributed by atoms with E-state index < -0.39 is 0 Å². The van der Waals surface area contributed by atoms with Crippen molar-refractivity contribution in [1.82, 2.24) is 10.6 Å². The summed E-state index contributed by atoms with van der Waals surface area (Å²) < 4.78 is 0. The molecular weight excluding hydrogens is 266 g/mol. The molecule has 3 N–H and O–H groups in total. The molecule has 0 saturated carbocycles. The quantitative estimate of drug-likeness (QED) is 0.773. The number of piperidine rings is 1. The second-order valence-electron chi connectivity index (χ2n) is 5.44. The lowest BCUT2D eigenvalue weighted by Crippen LogP contribution is -2.28. The molecule has 0 spiro atoms. The minimum atomic E-state index is -0.126. The molecule has 0 unspecified atom stereocenters. The average molecular weight is 289 g/mol. The van der Waals surface area contributed by atoms with Crippen LogP contribution in [0.15, 0.2) is 24.3 Å². The molecule has 0 radical (unpaired) electrons. The predicted molar refractivity (Wildman–Crippen MR) is 83.3 cm³/mol. The summed E-state index contributed by atoms with van der Waals surface area (Å²) in [7, 11) is 1.60. The first-order valence-corrected chi connectivity index (χ1v) is 7.52. The smallest absolute Gasteiger partial charge is 0.251 e. The van der Waals surface area contributed by atoms with Crippen LogP contribution in [0.1, 0.15) is 36.0 Å². The van der Waals surface area contributed by atoms with Crippen LogP contribution >= 0.6 is 0 Å². The predicted octanol–water partition coefficient (Wildman–Crippen LogP) is 1.76. The van der Waals surface area contributed by atoms with Gasteiger partial charge >= 0.3 is 0 Å². The molecule has 1 heterocycles. The van der Waals surface area contributed by atoms with E-state index in [4.69, 9.17) is 0 Å². The van der Waals surface area contributed by atoms with Gasteiger partial charge in [-0.05, 0) is 62.5 Å². The maximum atomic E-state index is 11.9. The van der Waals surface area contributed by atoms with Gasteiger partial charge in [0.05, 0.1) is 0 Å². The number of nitrogens with one attached hydrogen (secondary N) is 3. The van der Waals surface area contributed by atoms with Crippen LogP contribution in [-0.2, 0) is 4.79 Å². The van der Waals surface area contributed by atoms with E-state index in [-0.39, 0.29) is 11.8 Å². The second-order valence-corrected chi connectivity index (χ2v) is 5.44. The van der Waals surface area contributed by atoms with Crippen molar-refractivity contribution >= 4 is 17.5 Å². The normalized spacial score (nSPS) is 15.5. The zero-order chi connectivity index (χ0) is 15.1. The fraction of sp³-hybridized carbons (Fsp3) is 0.500. The van der Waals surface area contributed by atoms with E-state index in [9.17, 15) is 9.59 Å². The Morgan fingerprint density at radius 3 is 2.48 bits per heavy atom. The first kappa shape index (κ1) is 15.5. The summed E-state index contributed by atoms with van der Waals surface area (Å²) in [6.07, 6.45) is 3.83. The highest BCUT2D eigenvalue weighted by Gasteiger charge is 2.14. The van der Waals surface area contributed by atoms with Crippen LogP contribution in [0.25, 0.3) is 0 Å². The Labute approximate surface area is 125 Å². The lowest BCUT2D eigenvalue weighted by molar-refractivity contribution is -0.116. The van der Waals surface area contributed by atoms with Gasteiger partial charge in [-0.3, -0.25) is 9.59 Å². The Kier molecular flexibility index (Phi) is 5.75. The maximum Gasteiger partial charge on any atom is 0.251 e. The van der Waals surface area contributed by atoms with E-state index in [0.717, 1.165) is 38.0 Å². The zero-order valence-electron chi connectivity index (χ0n) is 12.4. The number of carbonyl (C=O) groups excluding carboxylic acids is 2. The SMILES string of the molecule is CNC(=O)c1ccc(NC(=O)CCC2CCNCC2)cc1. The van der Waals surface area contributed by atoms with E-state index in [1.165, 1.54) is 0 Å². The van der Waals surface area contributed by atoms with E-state index in [1.807, 2.05) is 0 Å². The molecule has 5 heteroatoms. The highest BCUT2D eigenvalue weighted by molar-refractivity contribution is 5.95. The lowest BCUT2D eigenvalue weighted by Gasteiger charge is -2.22.